The number of rotatable bonds is 8. The van der Waals surface area contributed by atoms with Crippen molar-refractivity contribution in [1.29, 1.82) is 0 Å². The third-order valence-electron chi connectivity index (χ3n) is 9.64. The average molecular weight is 472 g/mol. The van der Waals surface area contributed by atoms with Gasteiger partial charge in [-0.1, -0.05) is 36.2 Å². The number of hydrogen-bond acceptors (Lipinski definition) is 4. The number of fused-ring (bicyclic) bond motifs is 2. The lowest BCUT2D eigenvalue weighted by atomic mass is 9.78. The predicted octanol–water partition coefficient (Wildman–Crippen LogP) is 6.09. The Hall–Kier alpha value is -2.40. The van der Waals surface area contributed by atoms with Gasteiger partial charge in [0.15, 0.2) is 5.78 Å². The van der Waals surface area contributed by atoms with Gasteiger partial charge in [0.1, 0.15) is 5.76 Å². The Kier molecular flexibility index (Phi) is 5.20. The summed E-state index contributed by atoms with van der Waals surface area (Å²) in [5.41, 5.74) is 2.45. The quantitative estimate of drug-likeness (QED) is 0.373. The number of ketones is 1. The molecule has 4 fully saturated rings. The highest BCUT2D eigenvalue weighted by Gasteiger charge is 2.62. The summed E-state index contributed by atoms with van der Waals surface area (Å²) in [6.45, 7) is 3.62. The topological polar surface area (TPSA) is 51.3 Å². The second kappa shape index (κ2) is 8.33. The van der Waals surface area contributed by atoms with Crippen molar-refractivity contribution >= 4 is 16.6 Å². The molecule has 7 rings (SSSR count). The van der Waals surface area contributed by atoms with Crippen LogP contribution in [0, 0.1) is 17.8 Å². The highest BCUT2D eigenvalue weighted by molar-refractivity contribution is 6.08. The maximum absolute atomic E-state index is 13.1. The summed E-state index contributed by atoms with van der Waals surface area (Å²) >= 11 is 0. The van der Waals surface area contributed by atoms with Crippen LogP contribution in [-0.4, -0.2) is 40.0 Å². The summed E-state index contributed by atoms with van der Waals surface area (Å²) < 4.78 is 7.73. The zero-order valence-electron chi connectivity index (χ0n) is 20.9. The van der Waals surface area contributed by atoms with Crippen LogP contribution < -0.4 is 0 Å². The molecule has 1 aromatic carbocycles. The molecule has 1 saturated heterocycles. The molecule has 2 atom stereocenters. The Bertz CT molecular complexity index is 1250. The number of aromatic nitrogens is 2. The predicted molar refractivity (Wildman–Crippen MR) is 137 cm³/mol. The Morgan fingerprint density at radius 1 is 1.11 bits per heavy atom. The Labute approximate surface area is 207 Å². The van der Waals surface area contributed by atoms with E-state index in [0.717, 1.165) is 33.9 Å². The molecule has 2 aromatic heterocycles. The van der Waals surface area contributed by atoms with E-state index in [1.807, 2.05) is 19.2 Å². The lowest BCUT2D eigenvalue weighted by Gasteiger charge is -2.30. The highest BCUT2D eigenvalue weighted by Crippen LogP contribution is 2.59. The first-order chi connectivity index (χ1) is 17.1. The van der Waals surface area contributed by atoms with Gasteiger partial charge in [0.05, 0.1) is 5.69 Å². The molecule has 5 heteroatoms. The van der Waals surface area contributed by atoms with Gasteiger partial charge in [0.2, 0.25) is 0 Å². The minimum absolute atomic E-state index is 0.302. The van der Waals surface area contributed by atoms with Crippen molar-refractivity contribution in [3.8, 4) is 0 Å². The molecule has 0 radical (unpaired) electrons. The fourth-order valence-electron chi connectivity index (χ4n) is 7.24. The van der Waals surface area contributed by atoms with Crippen molar-refractivity contribution in [2.45, 2.75) is 69.1 Å². The van der Waals surface area contributed by atoms with Crippen LogP contribution in [0.4, 0.5) is 0 Å². The van der Waals surface area contributed by atoms with Crippen molar-refractivity contribution in [3.05, 3.63) is 53.7 Å². The van der Waals surface area contributed by atoms with E-state index in [4.69, 9.17) is 4.52 Å². The molecule has 2 unspecified atom stereocenters. The number of carbonyl (C=O) groups is 1. The summed E-state index contributed by atoms with van der Waals surface area (Å²) in [7, 11) is 2.03. The van der Waals surface area contributed by atoms with Crippen molar-refractivity contribution in [1.82, 2.24) is 14.6 Å². The van der Waals surface area contributed by atoms with Crippen LogP contribution in [0.5, 0.6) is 0 Å². The zero-order chi connectivity index (χ0) is 23.6. The van der Waals surface area contributed by atoms with Crippen molar-refractivity contribution < 1.29 is 9.32 Å². The zero-order valence-corrected chi connectivity index (χ0v) is 20.9. The highest BCUT2D eigenvalue weighted by atomic mass is 16.5. The third-order valence-corrected chi connectivity index (χ3v) is 9.64. The van der Waals surface area contributed by atoms with E-state index >= 15 is 0 Å². The van der Waals surface area contributed by atoms with Crippen LogP contribution in [0.1, 0.15) is 85.5 Å². The first kappa shape index (κ1) is 21.8. The van der Waals surface area contributed by atoms with Crippen LogP contribution in [0.15, 0.2) is 41.2 Å². The van der Waals surface area contributed by atoms with Gasteiger partial charge in [-0.05, 0) is 62.8 Å². The molecule has 3 aliphatic carbocycles. The maximum atomic E-state index is 13.1. The fourth-order valence-corrected chi connectivity index (χ4v) is 7.24. The normalized spacial score (nSPS) is 30.6. The van der Waals surface area contributed by atoms with E-state index in [2.05, 4.69) is 39.2 Å². The summed E-state index contributed by atoms with van der Waals surface area (Å²) in [6, 6.07) is 8.41. The van der Waals surface area contributed by atoms with Gasteiger partial charge in [0, 0.05) is 72.7 Å². The minimum Gasteiger partial charge on any atom is -0.361 e. The summed E-state index contributed by atoms with van der Waals surface area (Å²) in [6.07, 6.45) is 15.0. The maximum Gasteiger partial charge on any atom is 0.163 e. The second-order valence-electron chi connectivity index (χ2n) is 12.2. The molecule has 0 amide bonds. The Morgan fingerprint density at radius 2 is 1.94 bits per heavy atom. The summed E-state index contributed by atoms with van der Waals surface area (Å²) in [4.78, 5) is 15.8. The van der Waals surface area contributed by atoms with Gasteiger partial charge in [0.25, 0.3) is 0 Å². The molecule has 1 aliphatic heterocycles. The molecule has 4 aliphatic rings. The molecule has 0 bridgehead atoms. The van der Waals surface area contributed by atoms with Crippen LogP contribution in [0.3, 0.4) is 0 Å². The van der Waals surface area contributed by atoms with E-state index < -0.39 is 0 Å². The monoisotopic (exact) mass is 471 g/mol. The SMILES string of the molecule is Cn1cc2cccc(C(=O)CC3CCC(CCN4CC5CC5(c5cc(C6CC6)on5)C4)CC3)c2c1. The fraction of sp³-hybridized carbons (Fsp3) is 0.600. The molecular formula is C30H37N3O2. The average Bonchev–Trinajstić information content (AvgIpc) is 3.67. The van der Waals surface area contributed by atoms with Gasteiger partial charge in [-0.25, -0.2) is 0 Å². The van der Waals surface area contributed by atoms with E-state index in [1.165, 1.54) is 76.7 Å². The molecule has 3 heterocycles. The third kappa shape index (κ3) is 4.06. The number of Topliss-reactive ketones (excluding diaryl/α,β-unsaturated/α-hetero) is 1. The number of nitrogens with zero attached hydrogens (tertiary/aromatic N) is 3. The lowest BCUT2D eigenvalue weighted by Crippen LogP contribution is -2.29. The second-order valence-corrected chi connectivity index (χ2v) is 12.2. The Morgan fingerprint density at radius 3 is 2.77 bits per heavy atom. The van der Waals surface area contributed by atoms with Gasteiger partial charge >= 0.3 is 0 Å². The van der Waals surface area contributed by atoms with Crippen molar-refractivity contribution in [2.24, 2.45) is 24.8 Å². The van der Waals surface area contributed by atoms with E-state index in [1.54, 1.807) is 0 Å². The lowest BCUT2D eigenvalue weighted by molar-refractivity contribution is 0.0942. The first-order valence-corrected chi connectivity index (χ1v) is 13.8. The molecule has 35 heavy (non-hydrogen) atoms. The van der Waals surface area contributed by atoms with Gasteiger partial charge in [-0.3, -0.25) is 4.79 Å². The number of carbonyl (C=O) groups excluding carboxylic acids is 1. The van der Waals surface area contributed by atoms with Gasteiger partial charge < -0.3 is 14.0 Å². The van der Waals surface area contributed by atoms with E-state index in [-0.39, 0.29) is 0 Å². The molecule has 3 saturated carbocycles. The number of hydrogen-bond donors (Lipinski definition) is 0. The molecule has 3 aromatic rings. The minimum atomic E-state index is 0.302. The van der Waals surface area contributed by atoms with Crippen LogP contribution >= 0.6 is 0 Å². The van der Waals surface area contributed by atoms with Crippen LogP contribution in [-0.2, 0) is 12.5 Å². The number of aryl methyl sites for hydroxylation is 1. The molecule has 5 nitrogen and oxygen atoms in total. The Balaban J connectivity index is 0.885. The number of piperidine rings is 1. The van der Waals surface area contributed by atoms with Crippen molar-refractivity contribution in [3.63, 3.8) is 0 Å². The summed E-state index contributed by atoms with van der Waals surface area (Å²) in [5, 5.41) is 6.76. The van der Waals surface area contributed by atoms with Gasteiger partial charge in [-0.15, -0.1) is 0 Å². The van der Waals surface area contributed by atoms with E-state index in [0.29, 0.717) is 29.5 Å². The molecular weight excluding hydrogens is 434 g/mol. The summed E-state index contributed by atoms with van der Waals surface area (Å²) in [5.74, 6) is 4.27. The standard InChI is InChI=1S/C30H37N3O2/c1-32-16-23-3-2-4-25(26(23)18-32)27(34)13-21-7-5-20(6-8-21)11-12-33-17-24-15-30(24,19-33)29-14-28(35-31-29)22-9-10-22/h2-4,14,16,18,20-22,24H,5-13,15,17,19H2,1H3. The number of benzene rings is 1. The van der Waals surface area contributed by atoms with Crippen molar-refractivity contribution in [2.75, 3.05) is 19.6 Å². The smallest absolute Gasteiger partial charge is 0.163 e. The molecule has 0 N–H and O–H groups in total. The van der Waals surface area contributed by atoms with Crippen LogP contribution in [0.25, 0.3) is 10.8 Å². The van der Waals surface area contributed by atoms with E-state index in [9.17, 15) is 4.79 Å². The number of likely N-dealkylation sites (tertiary alicyclic amines) is 1. The largest absolute Gasteiger partial charge is 0.361 e. The molecule has 0 spiro atoms. The molecule has 184 valence electrons. The van der Waals surface area contributed by atoms with Gasteiger partial charge in [-0.2, -0.15) is 0 Å². The first-order valence-electron chi connectivity index (χ1n) is 13.8. The van der Waals surface area contributed by atoms with Crippen LogP contribution in [0.2, 0.25) is 0 Å².